The Hall–Kier alpha value is -0.523. The molecular formula is C12H21NO2SSi. The highest BCUT2D eigenvalue weighted by atomic mass is 32.1. The summed E-state index contributed by atoms with van der Waals surface area (Å²) in [5.41, 5.74) is 0.164. The molecule has 0 saturated heterocycles. The molecule has 0 saturated carbocycles. The predicted octanol–water partition coefficient (Wildman–Crippen LogP) is 2.90. The number of nitrogens with zero attached hydrogens (tertiary/aromatic N) is 1. The second kappa shape index (κ2) is 5.00. The van der Waals surface area contributed by atoms with Gasteiger partial charge in [-0.25, -0.2) is 4.98 Å². The van der Waals surface area contributed by atoms with Gasteiger partial charge in [0, 0.05) is 12.3 Å². The van der Waals surface area contributed by atoms with Gasteiger partial charge in [-0.15, -0.1) is 11.3 Å². The maximum absolute atomic E-state index is 11.2. The van der Waals surface area contributed by atoms with Crippen LogP contribution in [0.4, 0.5) is 0 Å². The molecule has 1 aromatic heterocycles. The molecule has 0 aliphatic rings. The van der Waals surface area contributed by atoms with Crippen LogP contribution in [-0.4, -0.2) is 20.5 Å². The van der Waals surface area contributed by atoms with Crippen molar-refractivity contribution in [3.63, 3.8) is 0 Å². The summed E-state index contributed by atoms with van der Waals surface area (Å²) in [5, 5.41) is 2.96. The molecule has 0 atom stereocenters. The van der Waals surface area contributed by atoms with Crippen molar-refractivity contribution < 1.29 is 9.22 Å². The molecule has 0 spiro atoms. The van der Waals surface area contributed by atoms with Crippen molar-refractivity contribution in [1.29, 1.82) is 0 Å². The van der Waals surface area contributed by atoms with Gasteiger partial charge in [-0.05, 0) is 18.9 Å². The molecular weight excluding hydrogens is 250 g/mol. The Morgan fingerprint density at radius 3 is 2.35 bits per heavy atom. The SMILES string of the molecule is CC(=O)c1csc(C(C)(C)O[SiH2]C(C)(C)C)n1. The van der Waals surface area contributed by atoms with Crippen LogP contribution in [0.1, 0.15) is 57.0 Å². The molecule has 0 aromatic carbocycles. The van der Waals surface area contributed by atoms with Gasteiger partial charge in [0.1, 0.15) is 16.3 Å². The summed E-state index contributed by atoms with van der Waals surface area (Å²) in [6.45, 7) is 12.2. The fourth-order valence-corrected chi connectivity index (χ4v) is 3.14. The maximum Gasteiger partial charge on any atom is 0.178 e. The molecule has 3 nitrogen and oxygen atoms in total. The number of Topliss-reactive ketones (excluding diaryl/α,β-unsaturated/α-hetero) is 1. The number of carbonyl (C=O) groups is 1. The van der Waals surface area contributed by atoms with Gasteiger partial charge < -0.3 is 4.43 Å². The number of rotatable bonds is 4. The normalized spacial score (nSPS) is 13.5. The van der Waals surface area contributed by atoms with Gasteiger partial charge >= 0.3 is 0 Å². The summed E-state index contributed by atoms with van der Waals surface area (Å²) in [4.78, 5) is 15.6. The van der Waals surface area contributed by atoms with Crippen LogP contribution in [0.15, 0.2) is 5.38 Å². The van der Waals surface area contributed by atoms with E-state index in [0.29, 0.717) is 5.69 Å². The Bertz CT molecular complexity index is 407. The summed E-state index contributed by atoms with van der Waals surface area (Å²) < 4.78 is 6.05. The van der Waals surface area contributed by atoms with E-state index in [1.54, 1.807) is 5.38 Å². The first-order valence-electron chi connectivity index (χ1n) is 5.73. The molecule has 96 valence electrons. The van der Waals surface area contributed by atoms with Gasteiger partial charge in [-0.3, -0.25) is 4.79 Å². The third-order valence-corrected chi connectivity index (χ3v) is 5.13. The van der Waals surface area contributed by atoms with Gasteiger partial charge in [0.2, 0.25) is 0 Å². The number of thiazole rings is 1. The molecule has 0 bridgehead atoms. The second-order valence-corrected chi connectivity index (χ2v) is 9.51. The van der Waals surface area contributed by atoms with Gasteiger partial charge in [0.05, 0.1) is 0 Å². The van der Waals surface area contributed by atoms with Crippen LogP contribution in [-0.2, 0) is 10.0 Å². The number of carbonyl (C=O) groups excluding carboxylic acids is 1. The highest BCUT2D eigenvalue weighted by Gasteiger charge is 2.27. The summed E-state index contributed by atoms with van der Waals surface area (Å²) in [7, 11) is -0.627. The third-order valence-electron chi connectivity index (χ3n) is 2.25. The van der Waals surface area contributed by atoms with Crippen molar-refractivity contribution in [2.24, 2.45) is 0 Å². The second-order valence-electron chi connectivity index (χ2n) is 5.95. The van der Waals surface area contributed by atoms with Crippen molar-refractivity contribution in [3.05, 3.63) is 16.1 Å². The molecule has 5 heteroatoms. The minimum Gasteiger partial charge on any atom is -0.412 e. The van der Waals surface area contributed by atoms with E-state index in [-0.39, 0.29) is 16.4 Å². The summed E-state index contributed by atoms with van der Waals surface area (Å²) >= 11 is 1.50. The topological polar surface area (TPSA) is 39.2 Å². The van der Waals surface area contributed by atoms with E-state index in [1.807, 2.05) is 13.8 Å². The lowest BCUT2D eigenvalue weighted by Gasteiger charge is -2.28. The molecule has 1 aromatic rings. The molecule has 0 fully saturated rings. The van der Waals surface area contributed by atoms with Crippen LogP contribution in [0.25, 0.3) is 0 Å². The number of aromatic nitrogens is 1. The Balaban J connectivity index is 2.78. The lowest BCUT2D eigenvalue weighted by atomic mass is 10.1. The van der Waals surface area contributed by atoms with Crippen molar-refractivity contribution in [1.82, 2.24) is 4.98 Å². The highest BCUT2D eigenvalue weighted by molar-refractivity contribution is 7.10. The fourth-order valence-electron chi connectivity index (χ4n) is 1.17. The molecule has 1 heterocycles. The predicted molar refractivity (Wildman–Crippen MR) is 74.5 cm³/mol. The van der Waals surface area contributed by atoms with Crippen molar-refractivity contribution >= 4 is 26.9 Å². The summed E-state index contributed by atoms with van der Waals surface area (Å²) in [6, 6.07) is 0. The molecule has 0 aliphatic carbocycles. The molecule has 0 amide bonds. The Kier molecular flexibility index (Phi) is 4.27. The average Bonchev–Trinajstić information content (AvgIpc) is 2.63. The first kappa shape index (κ1) is 14.5. The fraction of sp³-hybridized carbons (Fsp3) is 0.667. The van der Waals surface area contributed by atoms with E-state index >= 15 is 0 Å². The molecule has 17 heavy (non-hydrogen) atoms. The number of ketones is 1. The van der Waals surface area contributed by atoms with Gasteiger partial charge in [-0.1, -0.05) is 20.8 Å². The zero-order valence-electron chi connectivity index (χ0n) is 11.5. The van der Waals surface area contributed by atoms with Crippen molar-refractivity contribution in [2.75, 3.05) is 0 Å². The van der Waals surface area contributed by atoms with Gasteiger partial charge in [0.25, 0.3) is 0 Å². The monoisotopic (exact) mass is 271 g/mol. The largest absolute Gasteiger partial charge is 0.412 e. The summed E-state index contributed by atoms with van der Waals surface area (Å²) in [5.74, 6) is 0.0105. The first-order valence-corrected chi connectivity index (χ1v) is 7.89. The quantitative estimate of drug-likeness (QED) is 0.624. The first-order chi connectivity index (χ1) is 7.62. The van der Waals surface area contributed by atoms with Crippen LogP contribution < -0.4 is 0 Å². The zero-order chi connectivity index (χ0) is 13.3. The average molecular weight is 271 g/mol. The Morgan fingerprint density at radius 1 is 1.35 bits per heavy atom. The maximum atomic E-state index is 11.2. The smallest absolute Gasteiger partial charge is 0.178 e. The van der Waals surface area contributed by atoms with E-state index in [0.717, 1.165) is 5.01 Å². The molecule has 0 unspecified atom stereocenters. The molecule has 0 N–H and O–H groups in total. The molecule has 0 radical (unpaired) electrons. The minimum atomic E-state index is -0.627. The van der Waals surface area contributed by atoms with Crippen LogP contribution >= 0.6 is 11.3 Å². The van der Waals surface area contributed by atoms with E-state index in [9.17, 15) is 4.79 Å². The van der Waals surface area contributed by atoms with E-state index < -0.39 is 9.76 Å². The van der Waals surface area contributed by atoms with Gasteiger partial charge in [0.15, 0.2) is 15.5 Å². The molecule has 0 aliphatic heterocycles. The van der Waals surface area contributed by atoms with E-state index in [4.69, 9.17) is 4.43 Å². The molecule has 1 rings (SSSR count). The Labute approximate surface area is 110 Å². The number of hydrogen-bond acceptors (Lipinski definition) is 4. The van der Waals surface area contributed by atoms with Gasteiger partial charge in [-0.2, -0.15) is 0 Å². The van der Waals surface area contributed by atoms with Crippen LogP contribution in [0.2, 0.25) is 5.04 Å². The standard InChI is InChI=1S/C12H21NO2SSi/c1-8(14)9-7-16-10(13-9)12(5,6)15-17-11(2,3)4/h7H,17H2,1-6H3. The Morgan fingerprint density at radius 2 is 1.94 bits per heavy atom. The van der Waals surface area contributed by atoms with Crippen molar-refractivity contribution in [3.8, 4) is 0 Å². The third kappa shape index (κ3) is 4.33. The lowest BCUT2D eigenvalue weighted by molar-refractivity contribution is 0.100. The van der Waals surface area contributed by atoms with Crippen LogP contribution in [0.3, 0.4) is 0 Å². The van der Waals surface area contributed by atoms with Crippen LogP contribution in [0, 0.1) is 0 Å². The highest BCUT2D eigenvalue weighted by Crippen LogP contribution is 2.31. The lowest BCUT2D eigenvalue weighted by Crippen LogP contribution is -2.27. The number of hydrogen-bond donors (Lipinski definition) is 0. The van der Waals surface area contributed by atoms with E-state index in [1.165, 1.54) is 18.3 Å². The van der Waals surface area contributed by atoms with E-state index in [2.05, 4.69) is 25.8 Å². The van der Waals surface area contributed by atoms with Crippen LogP contribution in [0.5, 0.6) is 0 Å². The zero-order valence-corrected chi connectivity index (χ0v) is 13.7. The van der Waals surface area contributed by atoms with Crippen molar-refractivity contribution in [2.45, 2.75) is 52.2 Å². The minimum absolute atomic E-state index is 0.0105. The summed E-state index contributed by atoms with van der Waals surface area (Å²) in [6.07, 6.45) is 0.